The van der Waals surface area contributed by atoms with E-state index in [-0.39, 0.29) is 30.7 Å². The van der Waals surface area contributed by atoms with Crippen molar-refractivity contribution in [1.82, 2.24) is 18.7 Å². The molecule has 146 valence electrons. The molecule has 0 bridgehead atoms. The van der Waals surface area contributed by atoms with Gasteiger partial charge in [0.1, 0.15) is 22.4 Å². The second kappa shape index (κ2) is 6.52. The number of benzene rings is 1. The van der Waals surface area contributed by atoms with Crippen LogP contribution in [0.4, 0.5) is 8.78 Å². The molecule has 1 aliphatic heterocycles. The highest BCUT2D eigenvalue weighted by Gasteiger charge is 2.36. The van der Waals surface area contributed by atoms with E-state index < -0.39 is 26.6 Å². The summed E-state index contributed by atoms with van der Waals surface area (Å²) in [4.78, 5) is 11.6. The number of hydrogen-bond donors (Lipinski definition) is 0. The largest absolute Gasteiger partial charge is 0.345 e. The molecule has 2 heterocycles. The third kappa shape index (κ3) is 3.20. The first-order valence-electron chi connectivity index (χ1n) is 8.89. The summed E-state index contributed by atoms with van der Waals surface area (Å²) >= 11 is 0. The Morgan fingerprint density at radius 1 is 1.11 bits per heavy atom. The van der Waals surface area contributed by atoms with Crippen molar-refractivity contribution in [1.29, 1.82) is 0 Å². The number of aryl methyl sites for hydroxylation is 1. The monoisotopic (exact) mass is 398 g/mol. The summed E-state index contributed by atoms with van der Waals surface area (Å²) < 4.78 is 56.9. The van der Waals surface area contributed by atoms with Crippen molar-refractivity contribution in [3.05, 3.63) is 46.1 Å². The fourth-order valence-electron chi connectivity index (χ4n) is 3.62. The summed E-state index contributed by atoms with van der Waals surface area (Å²) in [6, 6.07) is 2.60. The smallest absolute Gasteiger partial charge is 0.276 e. The Balaban J connectivity index is 1.55. The van der Waals surface area contributed by atoms with Crippen molar-refractivity contribution >= 4 is 10.0 Å². The van der Waals surface area contributed by atoms with Crippen molar-refractivity contribution in [2.45, 2.75) is 42.5 Å². The Bertz CT molecular complexity index is 1030. The molecule has 0 unspecified atom stereocenters. The van der Waals surface area contributed by atoms with Gasteiger partial charge in [0.2, 0.25) is 10.0 Å². The quantitative estimate of drug-likeness (QED) is 0.786. The van der Waals surface area contributed by atoms with Gasteiger partial charge in [0.25, 0.3) is 0 Å². The lowest BCUT2D eigenvalue weighted by Gasteiger charge is -2.30. The Morgan fingerprint density at radius 3 is 2.41 bits per heavy atom. The van der Waals surface area contributed by atoms with Gasteiger partial charge in [0.15, 0.2) is 0 Å². The predicted octanol–water partition coefficient (Wildman–Crippen LogP) is 1.76. The van der Waals surface area contributed by atoms with E-state index in [1.165, 1.54) is 8.99 Å². The molecular weight excluding hydrogens is 378 g/mol. The number of aromatic nitrogens is 3. The van der Waals surface area contributed by atoms with Crippen LogP contribution in [0, 0.1) is 11.6 Å². The normalized spacial score (nSPS) is 19.5. The van der Waals surface area contributed by atoms with E-state index in [0.717, 1.165) is 25.0 Å². The lowest BCUT2D eigenvalue weighted by Crippen LogP contribution is -2.39. The number of sulfonamides is 1. The molecule has 10 heteroatoms. The maximum absolute atomic E-state index is 13.9. The first-order chi connectivity index (χ1) is 12.8. The molecule has 0 amide bonds. The summed E-state index contributed by atoms with van der Waals surface area (Å²) in [6.45, 7) is 0.330. The van der Waals surface area contributed by atoms with Crippen LogP contribution >= 0.6 is 0 Å². The fraction of sp³-hybridized carbons (Fsp3) is 0.529. The summed E-state index contributed by atoms with van der Waals surface area (Å²) in [5, 5.41) is 4.36. The molecule has 1 aromatic heterocycles. The highest BCUT2D eigenvalue weighted by atomic mass is 32.2. The number of piperidine rings is 1. The molecule has 2 fully saturated rings. The first-order valence-corrected chi connectivity index (χ1v) is 10.3. The van der Waals surface area contributed by atoms with Crippen molar-refractivity contribution in [2.75, 3.05) is 13.1 Å². The molecule has 1 saturated heterocycles. The van der Waals surface area contributed by atoms with Crippen LogP contribution in [0.25, 0.3) is 0 Å². The maximum atomic E-state index is 13.9. The molecule has 1 saturated carbocycles. The second-order valence-electron chi connectivity index (χ2n) is 7.12. The zero-order valence-electron chi connectivity index (χ0n) is 14.8. The van der Waals surface area contributed by atoms with Gasteiger partial charge in [-0.2, -0.15) is 9.40 Å². The van der Waals surface area contributed by atoms with Crippen molar-refractivity contribution in [3.63, 3.8) is 0 Å². The standard InChI is InChI=1S/C17H20F2N4O3S/c1-21-17(24)23(13-3-4-13)16(20-21)11-6-8-22(9-7-11)27(25,26)15-10-12(18)2-5-14(15)19/h2,5,10-11,13H,3-4,6-9H2,1H3. The molecule has 1 aliphatic carbocycles. The minimum Gasteiger partial charge on any atom is -0.276 e. The van der Waals surface area contributed by atoms with E-state index in [1.54, 1.807) is 11.6 Å². The highest BCUT2D eigenvalue weighted by Crippen LogP contribution is 2.38. The van der Waals surface area contributed by atoms with Crippen LogP contribution in [-0.4, -0.2) is 40.2 Å². The van der Waals surface area contributed by atoms with Gasteiger partial charge < -0.3 is 0 Å². The summed E-state index contributed by atoms with van der Waals surface area (Å²) in [5.41, 5.74) is -0.149. The Hall–Kier alpha value is -2.07. The molecule has 0 radical (unpaired) electrons. The zero-order valence-corrected chi connectivity index (χ0v) is 15.6. The molecule has 27 heavy (non-hydrogen) atoms. The molecule has 0 N–H and O–H groups in total. The molecule has 2 aromatic rings. The average Bonchev–Trinajstić information content (AvgIpc) is 3.43. The van der Waals surface area contributed by atoms with Crippen LogP contribution in [0.3, 0.4) is 0 Å². The van der Waals surface area contributed by atoms with Crippen LogP contribution in [0.1, 0.15) is 43.5 Å². The van der Waals surface area contributed by atoms with E-state index in [2.05, 4.69) is 5.10 Å². The average molecular weight is 398 g/mol. The van der Waals surface area contributed by atoms with Crippen LogP contribution in [0.2, 0.25) is 0 Å². The van der Waals surface area contributed by atoms with E-state index in [9.17, 15) is 22.0 Å². The molecule has 1 aromatic carbocycles. The van der Waals surface area contributed by atoms with Gasteiger partial charge in [-0.25, -0.2) is 26.7 Å². The number of hydrogen-bond acceptors (Lipinski definition) is 4. The lowest BCUT2D eigenvalue weighted by molar-refractivity contribution is 0.307. The van der Waals surface area contributed by atoms with Crippen LogP contribution in [-0.2, 0) is 17.1 Å². The molecule has 2 aliphatic rings. The van der Waals surface area contributed by atoms with E-state index in [4.69, 9.17) is 0 Å². The third-order valence-corrected chi connectivity index (χ3v) is 7.14. The summed E-state index contributed by atoms with van der Waals surface area (Å²) in [7, 11) is -2.51. The van der Waals surface area contributed by atoms with Gasteiger partial charge in [-0.3, -0.25) is 4.57 Å². The van der Waals surface area contributed by atoms with Gasteiger partial charge >= 0.3 is 5.69 Å². The van der Waals surface area contributed by atoms with Crippen LogP contribution < -0.4 is 5.69 Å². The SMILES string of the molecule is Cn1nc(C2CCN(S(=O)(=O)c3cc(F)ccc3F)CC2)n(C2CC2)c1=O. The van der Waals surface area contributed by atoms with Gasteiger partial charge in [-0.05, 0) is 43.9 Å². The molecule has 7 nitrogen and oxygen atoms in total. The maximum Gasteiger partial charge on any atom is 0.345 e. The Labute approximate surface area is 155 Å². The van der Waals surface area contributed by atoms with Gasteiger partial charge in [-0.1, -0.05) is 0 Å². The number of rotatable bonds is 4. The summed E-state index contributed by atoms with van der Waals surface area (Å²) in [5.74, 6) is -1.11. The van der Waals surface area contributed by atoms with E-state index >= 15 is 0 Å². The molecular formula is C17H20F2N4O3S. The molecule has 4 rings (SSSR count). The van der Waals surface area contributed by atoms with Crippen molar-refractivity contribution < 1.29 is 17.2 Å². The minimum atomic E-state index is -4.11. The number of nitrogens with zero attached hydrogens (tertiary/aromatic N) is 4. The highest BCUT2D eigenvalue weighted by molar-refractivity contribution is 7.89. The van der Waals surface area contributed by atoms with Gasteiger partial charge in [0.05, 0.1) is 0 Å². The second-order valence-corrected chi connectivity index (χ2v) is 9.03. The van der Waals surface area contributed by atoms with Crippen molar-refractivity contribution in [3.8, 4) is 0 Å². The molecule has 0 atom stereocenters. The van der Waals surface area contributed by atoms with Crippen LogP contribution in [0.15, 0.2) is 27.9 Å². The predicted molar refractivity (Wildman–Crippen MR) is 92.8 cm³/mol. The fourth-order valence-corrected chi connectivity index (χ4v) is 5.17. The molecule has 0 spiro atoms. The first kappa shape index (κ1) is 18.3. The topological polar surface area (TPSA) is 77.2 Å². The minimum absolute atomic E-state index is 0.0386. The Kier molecular flexibility index (Phi) is 4.42. The van der Waals surface area contributed by atoms with Crippen LogP contribution in [0.5, 0.6) is 0 Å². The zero-order chi connectivity index (χ0) is 19.3. The number of halogens is 2. The van der Waals surface area contributed by atoms with E-state index in [1.807, 2.05) is 0 Å². The third-order valence-electron chi connectivity index (χ3n) is 5.22. The van der Waals surface area contributed by atoms with E-state index in [0.29, 0.717) is 24.7 Å². The Morgan fingerprint density at radius 2 is 1.78 bits per heavy atom. The lowest BCUT2D eigenvalue weighted by atomic mass is 9.97. The van der Waals surface area contributed by atoms with Gasteiger partial charge in [0, 0.05) is 32.1 Å². The summed E-state index contributed by atoms with van der Waals surface area (Å²) in [6.07, 6.45) is 2.84. The van der Waals surface area contributed by atoms with Crippen molar-refractivity contribution in [2.24, 2.45) is 7.05 Å². The van der Waals surface area contributed by atoms with Gasteiger partial charge in [-0.15, -0.1) is 0 Å².